The lowest BCUT2D eigenvalue weighted by Gasteiger charge is -2.38. The lowest BCUT2D eigenvalue weighted by Crippen LogP contribution is -2.51. The van der Waals surface area contributed by atoms with Crippen LogP contribution in [0.25, 0.3) is 0 Å². The first-order valence-corrected chi connectivity index (χ1v) is 10.7. The monoisotopic (exact) mass is 412 g/mol. The molecule has 2 aliphatic rings. The fourth-order valence-electron chi connectivity index (χ4n) is 3.96. The third-order valence-electron chi connectivity index (χ3n) is 5.67. The Balaban J connectivity index is 1.42. The maximum absolute atomic E-state index is 12.9. The molecule has 0 saturated carbocycles. The van der Waals surface area contributed by atoms with Gasteiger partial charge in [0.05, 0.1) is 11.6 Å². The number of nitrogens with zero attached hydrogens (tertiary/aromatic N) is 4. The highest BCUT2D eigenvalue weighted by atomic mass is 16.6. The first kappa shape index (κ1) is 22.1. The van der Waals surface area contributed by atoms with Crippen LogP contribution in [-0.4, -0.2) is 71.6 Å². The van der Waals surface area contributed by atoms with Crippen LogP contribution in [0.4, 0.5) is 4.79 Å². The summed E-state index contributed by atoms with van der Waals surface area (Å²) in [6, 6.07) is 9.82. The minimum Gasteiger partial charge on any atom is -0.444 e. The van der Waals surface area contributed by atoms with Crippen LogP contribution in [-0.2, 0) is 16.1 Å². The van der Waals surface area contributed by atoms with E-state index in [1.807, 2.05) is 49.9 Å². The molecule has 0 aromatic heterocycles. The molecule has 0 aliphatic carbocycles. The van der Waals surface area contributed by atoms with Crippen molar-refractivity contribution >= 4 is 12.0 Å². The molecule has 2 fully saturated rings. The van der Waals surface area contributed by atoms with Gasteiger partial charge in [-0.3, -0.25) is 9.69 Å². The molecule has 7 heteroatoms. The van der Waals surface area contributed by atoms with E-state index in [4.69, 9.17) is 10.00 Å². The Morgan fingerprint density at radius 1 is 1.00 bits per heavy atom. The smallest absolute Gasteiger partial charge is 0.410 e. The molecule has 2 heterocycles. The van der Waals surface area contributed by atoms with Gasteiger partial charge < -0.3 is 14.5 Å². The number of piperidine rings is 1. The van der Waals surface area contributed by atoms with Gasteiger partial charge in [0.15, 0.2) is 0 Å². The summed E-state index contributed by atoms with van der Waals surface area (Å²) >= 11 is 0. The van der Waals surface area contributed by atoms with Gasteiger partial charge in [0.1, 0.15) is 5.60 Å². The summed E-state index contributed by atoms with van der Waals surface area (Å²) in [4.78, 5) is 31.2. The van der Waals surface area contributed by atoms with Crippen LogP contribution in [0.1, 0.15) is 44.7 Å². The molecule has 30 heavy (non-hydrogen) atoms. The van der Waals surface area contributed by atoms with Gasteiger partial charge in [-0.1, -0.05) is 12.1 Å². The normalized spacial score (nSPS) is 18.7. The molecular weight excluding hydrogens is 380 g/mol. The van der Waals surface area contributed by atoms with Gasteiger partial charge >= 0.3 is 6.09 Å². The Hall–Kier alpha value is -2.59. The quantitative estimate of drug-likeness (QED) is 0.763. The Bertz CT molecular complexity index is 778. The zero-order valence-electron chi connectivity index (χ0n) is 18.3. The second-order valence-electron chi connectivity index (χ2n) is 9.15. The number of nitriles is 1. The number of hydrogen-bond acceptors (Lipinski definition) is 5. The van der Waals surface area contributed by atoms with E-state index in [2.05, 4.69) is 11.0 Å². The summed E-state index contributed by atoms with van der Waals surface area (Å²) in [5, 5.41) is 8.90. The fraction of sp³-hybridized carbons (Fsp3) is 0.609. The van der Waals surface area contributed by atoms with Gasteiger partial charge in [-0.05, 0) is 51.3 Å². The van der Waals surface area contributed by atoms with Crippen molar-refractivity contribution in [3.05, 3.63) is 35.4 Å². The van der Waals surface area contributed by atoms with E-state index < -0.39 is 5.60 Å². The molecule has 0 N–H and O–H groups in total. The summed E-state index contributed by atoms with van der Waals surface area (Å²) in [5.41, 5.74) is 1.36. The predicted octanol–water partition coefficient (Wildman–Crippen LogP) is 2.85. The highest BCUT2D eigenvalue weighted by Gasteiger charge is 2.33. The van der Waals surface area contributed by atoms with Crippen LogP contribution >= 0.6 is 0 Å². The van der Waals surface area contributed by atoms with Crippen LogP contribution in [0.3, 0.4) is 0 Å². The fourth-order valence-corrected chi connectivity index (χ4v) is 3.96. The van der Waals surface area contributed by atoms with E-state index in [-0.39, 0.29) is 17.9 Å². The Labute approximate surface area is 179 Å². The standard InChI is InChI=1S/C23H32N4O3/c1-23(2,3)30-22(29)27-10-8-20(9-11-27)21(28)26-14-12-25(13-15-26)17-19-6-4-18(16-24)5-7-19/h4-7,20H,8-15,17H2,1-3H3. The van der Waals surface area contributed by atoms with Gasteiger partial charge in [0.2, 0.25) is 5.91 Å². The number of carbonyl (C=O) groups is 2. The predicted molar refractivity (Wildman–Crippen MR) is 114 cm³/mol. The molecule has 0 atom stereocenters. The minimum atomic E-state index is -0.499. The van der Waals surface area contributed by atoms with E-state index in [0.29, 0.717) is 31.5 Å². The third kappa shape index (κ3) is 5.96. The van der Waals surface area contributed by atoms with E-state index >= 15 is 0 Å². The highest BCUT2D eigenvalue weighted by molar-refractivity contribution is 5.79. The van der Waals surface area contributed by atoms with Crippen molar-refractivity contribution in [2.45, 2.75) is 45.8 Å². The number of carbonyl (C=O) groups excluding carboxylic acids is 2. The van der Waals surface area contributed by atoms with Crippen molar-refractivity contribution in [3.8, 4) is 6.07 Å². The number of piperazine rings is 1. The van der Waals surface area contributed by atoms with E-state index in [0.717, 1.165) is 32.7 Å². The molecule has 0 spiro atoms. The number of ether oxygens (including phenoxy) is 1. The zero-order chi connectivity index (χ0) is 21.7. The van der Waals surface area contributed by atoms with Crippen molar-refractivity contribution in [3.63, 3.8) is 0 Å². The van der Waals surface area contributed by atoms with Crippen LogP contribution in [0.2, 0.25) is 0 Å². The van der Waals surface area contributed by atoms with Crippen LogP contribution < -0.4 is 0 Å². The molecule has 3 rings (SSSR count). The molecule has 1 aromatic carbocycles. The van der Waals surface area contributed by atoms with Crippen LogP contribution in [0.5, 0.6) is 0 Å². The van der Waals surface area contributed by atoms with Crippen molar-refractivity contribution < 1.29 is 14.3 Å². The molecule has 2 aliphatic heterocycles. The molecule has 0 unspecified atom stereocenters. The summed E-state index contributed by atoms with van der Waals surface area (Å²) in [5.74, 6) is 0.214. The molecule has 7 nitrogen and oxygen atoms in total. The van der Waals surface area contributed by atoms with Crippen LogP contribution in [0.15, 0.2) is 24.3 Å². The summed E-state index contributed by atoms with van der Waals surface area (Å²) in [6.45, 7) is 10.7. The Kier molecular flexibility index (Phi) is 6.99. The van der Waals surface area contributed by atoms with Gasteiger partial charge in [0, 0.05) is 51.7 Å². The number of hydrogen-bond donors (Lipinski definition) is 0. The molecule has 162 valence electrons. The Morgan fingerprint density at radius 2 is 1.60 bits per heavy atom. The first-order valence-electron chi connectivity index (χ1n) is 10.7. The first-order chi connectivity index (χ1) is 14.2. The summed E-state index contributed by atoms with van der Waals surface area (Å²) in [7, 11) is 0. The largest absolute Gasteiger partial charge is 0.444 e. The van der Waals surface area contributed by atoms with Gasteiger partial charge in [0.25, 0.3) is 0 Å². The molecule has 2 amide bonds. The highest BCUT2D eigenvalue weighted by Crippen LogP contribution is 2.22. The maximum atomic E-state index is 12.9. The summed E-state index contributed by atoms with van der Waals surface area (Å²) in [6.07, 6.45) is 1.11. The van der Waals surface area contributed by atoms with Gasteiger partial charge in [-0.25, -0.2) is 4.79 Å². The SMILES string of the molecule is CC(C)(C)OC(=O)N1CCC(C(=O)N2CCN(Cc3ccc(C#N)cc3)CC2)CC1. The molecular formula is C23H32N4O3. The number of likely N-dealkylation sites (tertiary alicyclic amines) is 1. The topological polar surface area (TPSA) is 76.9 Å². The molecule has 0 radical (unpaired) electrons. The zero-order valence-corrected chi connectivity index (χ0v) is 18.3. The Morgan fingerprint density at radius 3 is 2.13 bits per heavy atom. The number of amides is 2. The molecule has 2 saturated heterocycles. The average molecular weight is 413 g/mol. The van der Waals surface area contributed by atoms with Gasteiger partial charge in [-0.15, -0.1) is 0 Å². The van der Waals surface area contributed by atoms with Gasteiger partial charge in [-0.2, -0.15) is 5.26 Å². The van der Waals surface area contributed by atoms with Crippen molar-refractivity contribution in [2.24, 2.45) is 5.92 Å². The van der Waals surface area contributed by atoms with E-state index in [1.54, 1.807) is 4.90 Å². The number of rotatable bonds is 3. The summed E-state index contributed by atoms with van der Waals surface area (Å²) < 4.78 is 5.43. The maximum Gasteiger partial charge on any atom is 0.410 e. The van der Waals surface area contributed by atoms with Crippen molar-refractivity contribution in [1.29, 1.82) is 5.26 Å². The third-order valence-corrected chi connectivity index (χ3v) is 5.67. The molecule has 0 bridgehead atoms. The molecule has 1 aromatic rings. The van der Waals surface area contributed by atoms with Crippen molar-refractivity contribution in [2.75, 3.05) is 39.3 Å². The lowest BCUT2D eigenvalue weighted by molar-refractivity contribution is -0.139. The van der Waals surface area contributed by atoms with Crippen LogP contribution in [0, 0.1) is 17.2 Å². The number of benzene rings is 1. The van der Waals surface area contributed by atoms with E-state index in [1.165, 1.54) is 5.56 Å². The lowest BCUT2D eigenvalue weighted by atomic mass is 9.95. The van der Waals surface area contributed by atoms with Crippen molar-refractivity contribution in [1.82, 2.24) is 14.7 Å². The second-order valence-corrected chi connectivity index (χ2v) is 9.15. The second kappa shape index (κ2) is 9.48. The minimum absolute atomic E-state index is 0.00578. The van der Waals surface area contributed by atoms with E-state index in [9.17, 15) is 9.59 Å². The average Bonchev–Trinajstić information content (AvgIpc) is 2.73.